The zero-order chi connectivity index (χ0) is 19.1. The van der Waals surface area contributed by atoms with E-state index in [9.17, 15) is 18.0 Å². The smallest absolute Gasteiger partial charge is 0.417 e. The molecule has 1 N–H and O–H groups in total. The SMILES string of the molecule is CC(C)(C)OC=O.FC(F)(F)c1ccccc1C(=S)N1CCNCC1. The van der Waals surface area contributed by atoms with Gasteiger partial charge in [-0.25, -0.2) is 0 Å². The van der Waals surface area contributed by atoms with Crippen LogP contribution < -0.4 is 5.32 Å². The summed E-state index contributed by atoms with van der Waals surface area (Å²) in [6.07, 6.45) is -4.37. The maximum absolute atomic E-state index is 12.9. The summed E-state index contributed by atoms with van der Waals surface area (Å²) in [6, 6.07) is 5.47. The van der Waals surface area contributed by atoms with Crippen LogP contribution >= 0.6 is 12.2 Å². The van der Waals surface area contributed by atoms with Gasteiger partial charge in [-0.2, -0.15) is 13.2 Å². The van der Waals surface area contributed by atoms with Crippen molar-refractivity contribution in [3.05, 3.63) is 35.4 Å². The van der Waals surface area contributed by atoms with Crippen LogP contribution in [0.15, 0.2) is 24.3 Å². The molecule has 0 spiro atoms. The largest absolute Gasteiger partial charge is 0.462 e. The number of carbonyl (C=O) groups excluding carboxylic acids is 1. The van der Waals surface area contributed by atoms with Crippen molar-refractivity contribution in [2.24, 2.45) is 0 Å². The van der Waals surface area contributed by atoms with Crippen molar-refractivity contribution in [2.45, 2.75) is 32.5 Å². The number of nitrogens with one attached hydrogen (secondary N) is 1. The standard InChI is InChI=1S/C12H13F3N2S.C5H10O2/c13-12(14,15)10-4-2-1-3-9(10)11(18)17-7-5-16-6-8-17;1-5(2,3)7-4-6/h1-4,16H,5-8H2;4H,1-3H3. The van der Waals surface area contributed by atoms with Crippen LogP contribution in [-0.2, 0) is 15.7 Å². The Hall–Kier alpha value is -1.67. The molecule has 1 fully saturated rings. The summed E-state index contributed by atoms with van der Waals surface area (Å²) in [4.78, 5) is 11.7. The Labute approximate surface area is 151 Å². The van der Waals surface area contributed by atoms with Gasteiger partial charge in [0.2, 0.25) is 0 Å². The number of hydrogen-bond acceptors (Lipinski definition) is 4. The fourth-order valence-corrected chi connectivity index (χ4v) is 2.46. The maximum Gasteiger partial charge on any atom is 0.417 e. The van der Waals surface area contributed by atoms with Crippen LogP contribution in [0, 0.1) is 0 Å². The van der Waals surface area contributed by atoms with E-state index >= 15 is 0 Å². The zero-order valence-electron chi connectivity index (χ0n) is 14.5. The number of rotatable bonds is 2. The van der Waals surface area contributed by atoms with E-state index in [1.54, 1.807) is 6.07 Å². The Morgan fingerprint density at radius 1 is 1.20 bits per heavy atom. The van der Waals surface area contributed by atoms with Crippen LogP contribution in [0.5, 0.6) is 0 Å². The molecule has 8 heteroatoms. The number of halogens is 3. The number of nitrogens with zero attached hydrogens (tertiary/aromatic N) is 1. The zero-order valence-corrected chi connectivity index (χ0v) is 15.3. The molecule has 1 heterocycles. The van der Waals surface area contributed by atoms with Crippen LogP contribution in [0.3, 0.4) is 0 Å². The Morgan fingerprint density at radius 2 is 1.76 bits per heavy atom. The second-order valence-corrected chi connectivity index (χ2v) is 6.80. The lowest BCUT2D eigenvalue weighted by atomic mass is 10.1. The van der Waals surface area contributed by atoms with Crippen LogP contribution in [0.1, 0.15) is 31.9 Å². The quantitative estimate of drug-likeness (QED) is 0.634. The number of ether oxygens (including phenoxy) is 1. The summed E-state index contributed by atoms with van der Waals surface area (Å²) < 4.78 is 43.2. The lowest BCUT2D eigenvalue weighted by Crippen LogP contribution is -2.46. The average Bonchev–Trinajstić information content (AvgIpc) is 2.54. The lowest BCUT2D eigenvalue weighted by Gasteiger charge is -2.30. The molecule has 0 atom stereocenters. The van der Waals surface area contributed by atoms with Crippen LogP contribution in [0.25, 0.3) is 0 Å². The third-order valence-electron chi connectivity index (χ3n) is 3.27. The molecule has 1 aromatic rings. The van der Waals surface area contributed by atoms with Crippen molar-refractivity contribution in [2.75, 3.05) is 26.2 Å². The summed E-state index contributed by atoms with van der Waals surface area (Å²) in [5.74, 6) is 0. The first kappa shape index (κ1) is 21.4. The highest BCUT2D eigenvalue weighted by Crippen LogP contribution is 2.32. The Kier molecular flexibility index (Phi) is 7.82. The molecule has 4 nitrogen and oxygen atoms in total. The third kappa shape index (κ3) is 7.39. The van der Waals surface area contributed by atoms with Gasteiger partial charge in [0.15, 0.2) is 0 Å². The molecular formula is C17H23F3N2O2S. The number of carbonyl (C=O) groups is 1. The van der Waals surface area contributed by atoms with E-state index in [2.05, 4.69) is 10.1 Å². The second kappa shape index (κ2) is 9.15. The van der Waals surface area contributed by atoms with Crippen LogP contribution in [-0.4, -0.2) is 48.1 Å². The van der Waals surface area contributed by atoms with Gasteiger partial charge in [0, 0.05) is 31.7 Å². The molecule has 0 unspecified atom stereocenters. The molecule has 2 rings (SSSR count). The van der Waals surface area contributed by atoms with Crippen molar-refractivity contribution in [3.8, 4) is 0 Å². The first-order valence-corrected chi connectivity index (χ1v) is 8.25. The fraction of sp³-hybridized carbons (Fsp3) is 0.529. The normalized spacial score (nSPS) is 15.0. The van der Waals surface area contributed by atoms with E-state index in [1.807, 2.05) is 25.7 Å². The molecule has 0 amide bonds. The van der Waals surface area contributed by atoms with Crippen molar-refractivity contribution < 1.29 is 22.7 Å². The van der Waals surface area contributed by atoms with E-state index < -0.39 is 11.7 Å². The summed E-state index contributed by atoms with van der Waals surface area (Å²) >= 11 is 5.20. The van der Waals surface area contributed by atoms with E-state index in [-0.39, 0.29) is 16.2 Å². The minimum absolute atomic E-state index is 0.0990. The highest BCUT2D eigenvalue weighted by Gasteiger charge is 2.34. The van der Waals surface area contributed by atoms with Gasteiger partial charge in [-0.1, -0.05) is 30.4 Å². The van der Waals surface area contributed by atoms with Gasteiger partial charge in [0.05, 0.1) is 5.56 Å². The number of piperazine rings is 1. The first-order chi connectivity index (χ1) is 11.6. The van der Waals surface area contributed by atoms with E-state index in [4.69, 9.17) is 12.2 Å². The van der Waals surface area contributed by atoms with Crippen molar-refractivity contribution in [1.82, 2.24) is 10.2 Å². The molecule has 0 radical (unpaired) electrons. The molecule has 140 valence electrons. The Balaban J connectivity index is 0.000000381. The minimum Gasteiger partial charge on any atom is -0.462 e. The molecule has 0 aliphatic carbocycles. The molecule has 25 heavy (non-hydrogen) atoms. The molecule has 0 saturated carbocycles. The molecular weight excluding hydrogens is 353 g/mol. The van der Waals surface area contributed by atoms with Gasteiger partial charge in [0.25, 0.3) is 6.47 Å². The average molecular weight is 376 g/mol. The lowest BCUT2D eigenvalue weighted by molar-refractivity contribution is -0.139. The molecule has 0 bridgehead atoms. The summed E-state index contributed by atoms with van der Waals surface area (Å²) in [6.45, 7) is 8.70. The van der Waals surface area contributed by atoms with Crippen molar-refractivity contribution >= 4 is 23.7 Å². The Bertz CT molecular complexity index is 580. The fourth-order valence-electron chi connectivity index (χ4n) is 2.10. The van der Waals surface area contributed by atoms with E-state index in [0.717, 1.165) is 19.2 Å². The third-order valence-corrected chi connectivity index (χ3v) is 3.75. The predicted molar refractivity (Wildman–Crippen MR) is 94.5 cm³/mol. The highest BCUT2D eigenvalue weighted by molar-refractivity contribution is 7.80. The summed E-state index contributed by atoms with van der Waals surface area (Å²) in [7, 11) is 0. The predicted octanol–water partition coefficient (Wildman–Crippen LogP) is 3.24. The van der Waals surface area contributed by atoms with Gasteiger partial charge in [-0.15, -0.1) is 0 Å². The summed E-state index contributed by atoms with van der Waals surface area (Å²) in [5, 5.41) is 3.14. The summed E-state index contributed by atoms with van der Waals surface area (Å²) in [5.41, 5.74) is -0.877. The molecule has 1 aliphatic heterocycles. The number of hydrogen-bond donors (Lipinski definition) is 1. The van der Waals surface area contributed by atoms with E-state index in [1.165, 1.54) is 12.1 Å². The minimum atomic E-state index is -4.37. The van der Waals surface area contributed by atoms with Crippen molar-refractivity contribution in [3.63, 3.8) is 0 Å². The first-order valence-electron chi connectivity index (χ1n) is 7.84. The molecule has 0 aromatic heterocycles. The molecule has 1 aliphatic rings. The molecule has 1 saturated heterocycles. The van der Waals surface area contributed by atoms with Gasteiger partial charge in [-0.3, -0.25) is 4.79 Å². The van der Waals surface area contributed by atoms with Crippen LogP contribution in [0.2, 0.25) is 0 Å². The highest BCUT2D eigenvalue weighted by atomic mass is 32.1. The number of thiocarbonyl (C=S) groups is 1. The monoisotopic (exact) mass is 376 g/mol. The Morgan fingerprint density at radius 3 is 2.20 bits per heavy atom. The topological polar surface area (TPSA) is 41.6 Å². The van der Waals surface area contributed by atoms with Gasteiger partial charge in [-0.05, 0) is 26.8 Å². The van der Waals surface area contributed by atoms with E-state index in [0.29, 0.717) is 19.6 Å². The van der Waals surface area contributed by atoms with Gasteiger partial charge >= 0.3 is 6.18 Å². The van der Waals surface area contributed by atoms with Gasteiger partial charge in [0.1, 0.15) is 10.6 Å². The van der Waals surface area contributed by atoms with Crippen molar-refractivity contribution in [1.29, 1.82) is 0 Å². The second-order valence-electron chi connectivity index (χ2n) is 6.41. The van der Waals surface area contributed by atoms with Gasteiger partial charge < -0.3 is 15.0 Å². The number of alkyl halides is 3. The van der Waals surface area contributed by atoms with Crippen LogP contribution in [0.4, 0.5) is 13.2 Å². The molecule has 1 aromatic carbocycles. The number of benzene rings is 1. The maximum atomic E-state index is 12.9.